The number of H-pyrrole nitrogens is 1. The molecule has 0 unspecified atom stereocenters. The second-order valence-electron chi connectivity index (χ2n) is 7.13. The summed E-state index contributed by atoms with van der Waals surface area (Å²) >= 11 is 0. The van der Waals surface area contributed by atoms with Gasteiger partial charge >= 0.3 is 0 Å². The van der Waals surface area contributed by atoms with Crippen LogP contribution in [0.5, 0.6) is 0 Å². The lowest BCUT2D eigenvalue weighted by molar-refractivity contribution is 0.102. The van der Waals surface area contributed by atoms with Crippen LogP contribution < -0.4 is 16.5 Å². The zero-order chi connectivity index (χ0) is 21.3. The number of aromatic nitrogens is 2. The maximum absolute atomic E-state index is 12.8. The van der Waals surface area contributed by atoms with E-state index in [4.69, 9.17) is 5.73 Å². The fraction of sp³-hybridized carbons (Fsp3) is 0.0870. The molecule has 4 aromatic rings. The summed E-state index contributed by atoms with van der Waals surface area (Å²) in [7, 11) is 0. The van der Waals surface area contributed by atoms with E-state index in [2.05, 4.69) is 32.4 Å². The van der Waals surface area contributed by atoms with Crippen molar-refractivity contribution in [3.63, 3.8) is 0 Å². The van der Waals surface area contributed by atoms with E-state index in [0.717, 1.165) is 38.8 Å². The predicted octanol–water partition coefficient (Wildman–Crippen LogP) is 4.02. The predicted molar refractivity (Wildman–Crippen MR) is 121 cm³/mol. The SMILES string of the molecule is C=C(N)N/N=C(\C)c1ccc2[nH]c(C(=O)Nc3ccc4nc(C)ccc4c3)cc2c1. The molecule has 7 heteroatoms. The van der Waals surface area contributed by atoms with Gasteiger partial charge in [-0.3, -0.25) is 15.2 Å². The van der Waals surface area contributed by atoms with Gasteiger partial charge in [-0.25, -0.2) is 0 Å². The molecule has 2 heterocycles. The number of carbonyl (C=O) groups is 1. The van der Waals surface area contributed by atoms with Crippen molar-refractivity contribution in [2.75, 3.05) is 5.32 Å². The standard InChI is InChI=1S/C23H22N6O/c1-13-4-5-17-11-19(7-9-20(17)25-13)26-23(30)22-12-18-10-16(6-8-21(18)27-22)14(2)28-29-15(3)24/h4-12,27,29H,3,24H2,1-2H3,(H,26,30)/b28-14+. The first-order valence-corrected chi connectivity index (χ1v) is 9.45. The molecule has 2 aromatic heterocycles. The highest BCUT2D eigenvalue weighted by Gasteiger charge is 2.11. The van der Waals surface area contributed by atoms with Crippen molar-refractivity contribution in [3.8, 4) is 0 Å². The molecule has 0 aliphatic heterocycles. The number of carbonyl (C=O) groups excluding carboxylic acids is 1. The number of pyridine rings is 1. The molecule has 0 bridgehead atoms. The number of hydrogen-bond acceptors (Lipinski definition) is 5. The van der Waals surface area contributed by atoms with Crippen LogP contribution in [0.1, 0.15) is 28.7 Å². The molecule has 30 heavy (non-hydrogen) atoms. The van der Waals surface area contributed by atoms with E-state index in [1.54, 1.807) is 0 Å². The molecule has 0 saturated heterocycles. The number of rotatable bonds is 5. The molecule has 5 N–H and O–H groups in total. The number of hydrogen-bond donors (Lipinski definition) is 4. The minimum absolute atomic E-state index is 0.210. The molecular formula is C23H22N6O. The molecule has 0 atom stereocenters. The Balaban J connectivity index is 1.57. The molecule has 0 fully saturated rings. The maximum Gasteiger partial charge on any atom is 0.272 e. The van der Waals surface area contributed by atoms with Crippen LogP contribution in [0.25, 0.3) is 21.8 Å². The third-order valence-corrected chi connectivity index (χ3v) is 4.74. The number of fused-ring (bicyclic) bond motifs is 2. The first-order valence-electron chi connectivity index (χ1n) is 9.45. The van der Waals surface area contributed by atoms with Gasteiger partial charge in [0, 0.05) is 27.7 Å². The Morgan fingerprint density at radius 2 is 1.93 bits per heavy atom. The van der Waals surface area contributed by atoms with Crippen molar-refractivity contribution in [2.24, 2.45) is 10.8 Å². The average molecular weight is 398 g/mol. The Labute approximate surface area is 173 Å². The number of aromatic amines is 1. The fourth-order valence-electron chi connectivity index (χ4n) is 3.20. The van der Waals surface area contributed by atoms with Gasteiger partial charge in [0.25, 0.3) is 5.91 Å². The van der Waals surface area contributed by atoms with E-state index in [1.165, 1.54) is 0 Å². The Hall–Kier alpha value is -4.13. The third kappa shape index (κ3) is 4.00. The summed E-state index contributed by atoms with van der Waals surface area (Å²) in [5, 5.41) is 9.01. The molecular weight excluding hydrogens is 376 g/mol. The van der Waals surface area contributed by atoms with Crippen LogP contribution in [0.2, 0.25) is 0 Å². The summed E-state index contributed by atoms with van der Waals surface area (Å²) in [4.78, 5) is 20.4. The highest BCUT2D eigenvalue weighted by Crippen LogP contribution is 2.21. The lowest BCUT2D eigenvalue weighted by Gasteiger charge is -2.05. The molecule has 0 radical (unpaired) electrons. The molecule has 150 valence electrons. The topological polar surface area (TPSA) is 108 Å². The van der Waals surface area contributed by atoms with E-state index in [0.29, 0.717) is 11.4 Å². The van der Waals surface area contributed by atoms with E-state index in [9.17, 15) is 4.79 Å². The minimum atomic E-state index is -0.210. The van der Waals surface area contributed by atoms with Crippen LogP contribution in [0.15, 0.2) is 72.1 Å². The van der Waals surface area contributed by atoms with Crippen LogP contribution in [0.3, 0.4) is 0 Å². The molecule has 0 saturated carbocycles. The number of benzene rings is 2. The highest BCUT2D eigenvalue weighted by molar-refractivity contribution is 6.08. The minimum Gasteiger partial charge on any atom is -0.385 e. The zero-order valence-electron chi connectivity index (χ0n) is 16.8. The third-order valence-electron chi connectivity index (χ3n) is 4.74. The van der Waals surface area contributed by atoms with Crippen LogP contribution in [0.4, 0.5) is 5.69 Å². The van der Waals surface area contributed by atoms with Crippen LogP contribution in [-0.2, 0) is 0 Å². The Morgan fingerprint density at radius 3 is 2.73 bits per heavy atom. The summed E-state index contributed by atoms with van der Waals surface area (Å²) in [5.74, 6) is 0.0642. The van der Waals surface area contributed by atoms with Gasteiger partial charge in [-0.1, -0.05) is 18.7 Å². The van der Waals surface area contributed by atoms with Gasteiger partial charge in [-0.05, 0) is 61.9 Å². The van der Waals surface area contributed by atoms with E-state index in [1.807, 2.05) is 68.4 Å². The number of amides is 1. The summed E-state index contributed by atoms with van der Waals surface area (Å²) in [5.41, 5.74) is 13.7. The van der Waals surface area contributed by atoms with Gasteiger partial charge in [0.1, 0.15) is 11.5 Å². The Kier molecular flexibility index (Phi) is 4.93. The fourth-order valence-corrected chi connectivity index (χ4v) is 3.20. The monoisotopic (exact) mass is 398 g/mol. The first kappa shape index (κ1) is 19.2. The van der Waals surface area contributed by atoms with Gasteiger partial charge in [0.05, 0.1) is 11.2 Å². The summed E-state index contributed by atoms with van der Waals surface area (Å²) < 4.78 is 0. The summed E-state index contributed by atoms with van der Waals surface area (Å²) in [6.45, 7) is 7.38. The van der Waals surface area contributed by atoms with Gasteiger partial charge in [-0.15, -0.1) is 0 Å². The van der Waals surface area contributed by atoms with Gasteiger partial charge < -0.3 is 16.0 Å². The lowest BCUT2D eigenvalue weighted by atomic mass is 10.1. The second-order valence-corrected chi connectivity index (χ2v) is 7.13. The van der Waals surface area contributed by atoms with E-state index >= 15 is 0 Å². The number of anilines is 1. The van der Waals surface area contributed by atoms with Crippen LogP contribution in [0, 0.1) is 6.92 Å². The highest BCUT2D eigenvalue weighted by atomic mass is 16.1. The van der Waals surface area contributed by atoms with Crippen molar-refractivity contribution in [3.05, 3.63) is 83.9 Å². The van der Waals surface area contributed by atoms with Crippen molar-refractivity contribution in [2.45, 2.75) is 13.8 Å². The largest absolute Gasteiger partial charge is 0.385 e. The van der Waals surface area contributed by atoms with E-state index in [-0.39, 0.29) is 11.7 Å². The molecule has 1 amide bonds. The normalized spacial score (nSPS) is 11.6. The quantitative estimate of drug-likeness (QED) is 0.301. The Bertz CT molecular complexity index is 1320. The van der Waals surface area contributed by atoms with E-state index < -0.39 is 0 Å². The number of nitrogens with zero attached hydrogens (tertiary/aromatic N) is 2. The van der Waals surface area contributed by atoms with Crippen molar-refractivity contribution in [1.29, 1.82) is 0 Å². The van der Waals surface area contributed by atoms with Crippen LogP contribution in [-0.4, -0.2) is 21.6 Å². The number of hydrazone groups is 1. The molecule has 0 spiro atoms. The molecule has 0 aliphatic carbocycles. The van der Waals surface area contributed by atoms with Gasteiger partial charge in [0.2, 0.25) is 0 Å². The van der Waals surface area contributed by atoms with Crippen molar-refractivity contribution in [1.82, 2.24) is 15.4 Å². The maximum atomic E-state index is 12.8. The molecule has 2 aromatic carbocycles. The molecule has 0 aliphatic rings. The first-order chi connectivity index (χ1) is 14.4. The summed E-state index contributed by atoms with van der Waals surface area (Å²) in [6, 6.07) is 17.3. The number of nitrogens with one attached hydrogen (secondary N) is 3. The number of nitrogens with two attached hydrogens (primary N) is 1. The second kappa shape index (κ2) is 7.71. The van der Waals surface area contributed by atoms with Crippen LogP contribution >= 0.6 is 0 Å². The molecule has 7 nitrogen and oxygen atoms in total. The molecule has 4 rings (SSSR count). The Morgan fingerprint density at radius 1 is 1.10 bits per heavy atom. The number of aryl methyl sites for hydroxylation is 1. The zero-order valence-corrected chi connectivity index (χ0v) is 16.8. The smallest absolute Gasteiger partial charge is 0.272 e. The lowest BCUT2D eigenvalue weighted by Crippen LogP contribution is -2.14. The van der Waals surface area contributed by atoms with Crippen molar-refractivity contribution >= 4 is 39.1 Å². The van der Waals surface area contributed by atoms with Gasteiger partial charge in [0.15, 0.2) is 0 Å². The van der Waals surface area contributed by atoms with Crippen molar-refractivity contribution < 1.29 is 4.79 Å². The van der Waals surface area contributed by atoms with Gasteiger partial charge in [-0.2, -0.15) is 5.10 Å². The summed E-state index contributed by atoms with van der Waals surface area (Å²) in [6.07, 6.45) is 0. The average Bonchev–Trinajstić information content (AvgIpc) is 3.15.